The molecule has 0 aliphatic heterocycles. The number of nitrogens with one attached hydrogen (secondary N) is 1. The third kappa shape index (κ3) is 3.86. The van der Waals surface area contributed by atoms with E-state index < -0.39 is 10.0 Å². The molecule has 0 atom stereocenters. The van der Waals surface area contributed by atoms with E-state index >= 15 is 0 Å². The molecular formula is C22H21NO2S. The van der Waals surface area contributed by atoms with Gasteiger partial charge in [-0.05, 0) is 48.7 Å². The molecule has 3 aromatic rings. The standard InChI is InChI=1S/C22H21NO2S/c1-16-9-12-20(13-10-16)26(24,25)23-22-15-17(2)11-14-21(22)18(3)19-7-5-4-6-8-19/h4-15,23H,3H2,1-2H3. The summed E-state index contributed by atoms with van der Waals surface area (Å²) in [5.74, 6) is 0. The Balaban J connectivity index is 2.01. The van der Waals surface area contributed by atoms with E-state index in [1.54, 1.807) is 24.3 Å². The number of hydrogen-bond acceptors (Lipinski definition) is 2. The van der Waals surface area contributed by atoms with Gasteiger partial charge in [-0.25, -0.2) is 8.42 Å². The van der Waals surface area contributed by atoms with Crippen LogP contribution in [0.25, 0.3) is 5.57 Å². The summed E-state index contributed by atoms with van der Waals surface area (Å²) in [6.45, 7) is 8.02. The maximum atomic E-state index is 12.8. The van der Waals surface area contributed by atoms with Gasteiger partial charge in [0.2, 0.25) is 0 Å². The van der Waals surface area contributed by atoms with Crippen molar-refractivity contribution in [2.45, 2.75) is 18.7 Å². The summed E-state index contributed by atoms with van der Waals surface area (Å²) in [5.41, 5.74) is 4.99. The van der Waals surface area contributed by atoms with Crippen molar-refractivity contribution in [3.05, 3.63) is 102 Å². The van der Waals surface area contributed by atoms with E-state index in [1.165, 1.54) is 0 Å². The molecule has 3 aromatic carbocycles. The van der Waals surface area contributed by atoms with Crippen molar-refractivity contribution >= 4 is 21.3 Å². The first-order chi connectivity index (χ1) is 12.4. The van der Waals surface area contributed by atoms with Crippen molar-refractivity contribution < 1.29 is 8.42 Å². The molecular weight excluding hydrogens is 342 g/mol. The highest BCUT2D eigenvalue weighted by Crippen LogP contribution is 2.30. The second kappa shape index (κ2) is 7.18. The van der Waals surface area contributed by atoms with Gasteiger partial charge in [-0.15, -0.1) is 0 Å². The predicted molar refractivity (Wildman–Crippen MR) is 108 cm³/mol. The van der Waals surface area contributed by atoms with Gasteiger partial charge >= 0.3 is 0 Å². The fraction of sp³-hybridized carbons (Fsp3) is 0.0909. The molecule has 0 amide bonds. The molecule has 4 heteroatoms. The summed E-state index contributed by atoms with van der Waals surface area (Å²) >= 11 is 0. The van der Waals surface area contributed by atoms with Crippen LogP contribution in [0.1, 0.15) is 22.3 Å². The Morgan fingerprint density at radius 1 is 0.846 bits per heavy atom. The summed E-state index contributed by atoms with van der Waals surface area (Å²) < 4.78 is 28.3. The molecule has 3 nitrogen and oxygen atoms in total. The first-order valence-electron chi connectivity index (χ1n) is 8.32. The average molecular weight is 363 g/mol. The SMILES string of the molecule is C=C(c1ccccc1)c1ccc(C)cc1NS(=O)(=O)c1ccc(C)cc1. The van der Waals surface area contributed by atoms with Gasteiger partial charge < -0.3 is 0 Å². The van der Waals surface area contributed by atoms with E-state index in [-0.39, 0.29) is 4.90 Å². The highest BCUT2D eigenvalue weighted by atomic mass is 32.2. The van der Waals surface area contributed by atoms with E-state index in [9.17, 15) is 8.42 Å². The molecule has 132 valence electrons. The lowest BCUT2D eigenvalue weighted by Crippen LogP contribution is -2.14. The normalized spacial score (nSPS) is 11.2. The zero-order valence-corrected chi connectivity index (χ0v) is 15.7. The quantitative estimate of drug-likeness (QED) is 0.680. The minimum Gasteiger partial charge on any atom is -0.279 e. The van der Waals surface area contributed by atoms with Crippen LogP contribution in [-0.2, 0) is 10.0 Å². The van der Waals surface area contributed by atoms with Crippen molar-refractivity contribution in [1.82, 2.24) is 0 Å². The molecule has 0 unspecified atom stereocenters. The Labute approximate surface area is 155 Å². The third-order valence-electron chi connectivity index (χ3n) is 4.20. The van der Waals surface area contributed by atoms with E-state index in [0.29, 0.717) is 5.69 Å². The van der Waals surface area contributed by atoms with Gasteiger partial charge in [0.15, 0.2) is 0 Å². The van der Waals surface area contributed by atoms with Crippen molar-refractivity contribution in [3.8, 4) is 0 Å². The minimum absolute atomic E-state index is 0.237. The maximum absolute atomic E-state index is 12.8. The molecule has 0 aromatic heterocycles. The molecule has 0 aliphatic carbocycles. The molecule has 26 heavy (non-hydrogen) atoms. The van der Waals surface area contributed by atoms with Crippen molar-refractivity contribution in [2.24, 2.45) is 0 Å². The molecule has 0 aliphatic rings. The number of hydrogen-bond donors (Lipinski definition) is 1. The highest BCUT2D eigenvalue weighted by molar-refractivity contribution is 7.92. The van der Waals surface area contributed by atoms with Crippen LogP contribution < -0.4 is 4.72 Å². The Kier molecular flexibility index (Phi) is 4.96. The Hall–Kier alpha value is -2.85. The lowest BCUT2D eigenvalue weighted by Gasteiger charge is -2.16. The minimum atomic E-state index is -3.68. The van der Waals surface area contributed by atoms with Gasteiger partial charge in [-0.2, -0.15) is 0 Å². The second-order valence-corrected chi connectivity index (χ2v) is 7.99. The molecule has 0 spiro atoms. The molecule has 0 bridgehead atoms. The number of anilines is 1. The van der Waals surface area contributed by atoms with Crippen molar-refractivity contribution in [2.75, 3.05) is 4.72 Å². The smallest absolute Gasteiger partial charge is 0.261 e. The van der Waals surface area contributed by atoms with Gasteiger partial charge in [0.05, 0.1) is 10.6 Å². The summed E-state index contributed by atoms with van der Waals surface area (Å²) in [6, 6.07) is 22.2. The topological polar surface area (TPSA) is 46.2 Å². The number of benzene rings is 3. The fourth-order valence-corrected chi connectivity index (χ4v) is 3.79. The van der Waals surface area contributed by atoms with Crippen molar-refractivity contribution in [1.29, 1.82) is 0 Å². The van der Waals surface area contributed by atoms with Gasteiger partial charge in [-0.1, -0.05) is 66.7 Å². The molecule has 3 rings (SSSR count). The molecule has 0 radical (unpaired) electrons. The summed E-state index contributed by atoms with van der Waals surface area (Å²) in [7, 11) is -3.68. The lowest BCUT2D eigenvalue weighted by molar-refractivity contribution is 0.601. The summed E-state index contributed by atoms with van der Waals surface area (Å²) in [6.07, 6.45) is 0. The van der Waals surface area contributed by atoms with E-state index in [0.717, 1.165) is 27.8 Å². The molecule has 0 fully saturated rings. The van der Waals surface area contributed by atoms with Crippen LogP contribution in [0.5, 0.6) is 0 Å². The van der Waals surface area contributed by atoms with E-state index in [1.807, 2.05) is 62.4 Å². The van der Waals surface area contributed by atoms with Crippen LogP contribution in [-0.4, -0.2) is 8.42 Å². The zero-order chi connectivity index (χ0) is 18.7. The molecule has 0 heterocycles. The Morgan fingerprint density at radius 2 is 1.46 bits per heavy atom. The van der Waals surface area contributed by atoms with Gasteiger partial charge in [-0.3, -0.25) is 4.72 Å². The molecule has 0 saturated carbocycles. The van der Waals surface area contributed by atoms with Crippen LogP contribution in [0, 0.1) is 13.8 Å². The first kappa shape index (κ1) is 18.0. The molecule has 1 N–H and O–H groups in total. The molecule has 0 saturated heterocycles. The highest BCUT2D eigenvalue weighted by Gasteiger charge is 2.17. The van der Waals surface area contributed by atoms with Gasteiger partial charge in [0, 0.05) is 5.56 Å². The first-order valence-corrected chi connectivity index (χ1v) is 9.80. The Morgan fingerprint density at radius 3 is 2.12 bits per heavy atom. The zero-order valence-electron chi connectivity index (χ0n) is 14.9. The van der Waals surface area contributed by atoms with Gasteiger partial charge in [0.1, 0.15) is 0 Å². The predicted octanol–water partition coefficient (Wildman–Crippen LogP) is 5.17. The largest absolute Gasteiger partial charge is 0.279 e. The summed E-state index contributed by atoms with van der Waals surface area (Å²) in [5, 5.41) is 0. The third-order valence-corrected chi connectivity index (χ3v) is 5.58. The van der Waals surface area contributed by atoms with Crippen molar-refractivity contribution in [3.63, 3.8) is 0 Å². The monoisotopic (exact) mass is 363 g/mol. The van der Waals surface area contributed by atoms with Crippen LogP contribution in [0.3, 0.4) is 0 Å². The van der Waals surface area contributed by atoms with E-state index in [2.05, 4.69) is 11.3 Å². The summed E-state index contributed by atoms with van der Waals surface area (Å²) in [4.78, 5) is 0.237. The van der Waals surface area contributed by atoms with Crippen LogP contribution >= 0.6 is 0 Å². The van der Waals surface area contributed by atoms with Crippen LogP contribution in [0.2, 0.25) is 0 Å². The van der Waals surface area contributed by atoms with E-state index in [4.69, 9.17) is 0 Å². The Bertz CT molecular complexity index is 1040. The average Bonchev–Trinajstić information content (AvgIpc) is 2.62. The second-order valence-electron chi connectivity index (χ2n) is 6.31. The number of aryl methyl sites for hydroxylation is 2. The maximum Gasteiger partial charge on any atom is 0.261 e. The van der Waals surface area contributed by atoms with Gasteiger partial charge in [0.25, 0.3) is 10.0 Å². The fourth-order valence-electron chi connectivity index (χ4n) is 2.72. The van der Waals surface area contributed by atoms with Crippen LogP contribution in [0.4, 0.5) is 5.69 Å². The lowest BCUT2D eigenvalue weighted by atomic mass is 9.97. The number of rotatable bonds is 5. The number of sulfonamides is 1. The van der Waals surface area contributed by atoms with Crippen LogP contribution in [0.15, 0.2) is 84.3 Å².